The fraction of sp³-hybridized carbons (Fsp3) is 0.400. The van der Waals surface area contributed by atoms with Crippen LogP contribution < -0.4 is 0 Å². The maximum absolute atomic E-state index is 5.60. The summed E-state index contributed by atoms with van der Waals surface area (Å²) >= 11 is 0. The molecular formula is C10H12O. The molecule has 0 amide bonds. The van der Waals surface area contributed by atoms with Gasteiger partial charge in [0.15, 0.2) is 0 Å². The lowest BCUT2D eigenvalue weighted by Gasteiger charge is -2.22. The van der Waals surface area contributed by atoms with E-state index in [1.165, 1.54) is 5.57 Å². The predicted molar refractivity (Wildman–Crippen MR) is 45.1 cm³/mol. The van der Waals surface area contributed by atoms with Gasteiger partial charge in [0.2, 0.25) is 0 Å². The van der Waals surface area contributed by atoms with Gasteiger partial charge >= 0.3 is 0 Å². The van der Waals surface area contributed by atoms with Crippen molar-refractivity contribution in [1.29, 1.82) is 0 Å². The first-order valence-electron chi connectivity index (χ1n) is 4.12. The Bertz CT molecular complexity index is 246. The Kier molecular flexibility index (Phi) is 1.57. The third-order valence-electron chi connectivity index (χ3n) is 2.00. The van der Waals surface area contributed by atoms with Gasteiger partial charge in [-0.2, -0.15) is 0 Å². The topological polar surface area (TPSA) is 9.23 Å². The molecule has 0 saturated carbocycles. The summed E-state index contributed by atoms with van der Waals surface area (Å²) < 4.78 is 5.60. The maximum atomic E-state index is 5.60. The first-order valence-corrected chi connectivity index (χ1v) is 4.12. The van der Waals surface area contributed by atoms with Crippen LogP contribution in [0.3, 0.4) is 0 Å². The van der Waals surface area contributed by atoms with Crippen LogP contribution in [0.15, 0.2) is 35.6 Å². The van der Waals surface area contributed by atoms with Crippen molar-refractivity contribution < 1.29 is 4.74 Å². The van der Waals surface area contributed by atoms with Gasteiger partial charge in [0.1, 0.15) is 11.9 Å². The molecule has 1 heterocycles. The number of hydrogen-bond donors (Lipinski definition) is 0. The summed E-state index contributed by atoms with van der Waals surface area (Å²) in [5.74, 6) is 1.08. The first kappa shape index (κ1) is 6.71. The van der Waals surface area contributed by atoms with E-state index >= 15 is 0 Å². The Morgan fingerprint density at radius 1 is 1.36 bits per heavy atom. The van der Waals surface area contributed by atoms with Crippen molar-refractivity contribution in [2.45, 2.75) is 25.9 Å². The van der Waals surface area contributed by atoms with Crippen LogP contribution in [-0.4, -0.2) is 6.10 Å². The van der Waals surface area contributed by atoms with Gasteiger partial charge in [-0.05, 0) is 31.9 Å². The number of hydrogen-bond acceptors (Lipinski definition) is 1. The molecule has 1 atom stereocenters. The fourth-order valence-corrected chi connectivity index (χ4v) is 1.42. The van der Waals surface area contributed by atoms with Gasteiger partial charge in [-0.3, -0.25) is 0 Å². The molecule has 11 heavy (non-hydrogen) atoms. The molecule has 0 radical (unpaired) electrons. The first-order chi connectivity index (χ1) is 5.36. The molecule has 0 N–H and O–H groups in total. The molecule has 1 aliphatic carbocycles. The van der Waals surface area contributed by atoms with E-state index in [4.69, 9.17) is 4.74 Å². The number of rotatable bonds is 0. The number of fused-ring (bicyclic) bond motifs is 1. The molecule has 0 aromatic carbocycles. The van der Waals surface area contributed by atoms with Crippen molar-refractivity contribution >= 4 is 0 Å². The molecule has 0 fully saturated rings. The molecule has 2 aliphatic rings. The summed E-state index contributed by atoms with van der Waals surface area (Å²) in [6, 6.07) is 0. The van der Waals surface area contributed by atoms with Crippen LogP contribution in [0.4, 0.5) is 0 Å². The summed E-state index contributed by atoms with van der Waals surface area (Å²) in [7, 11) is 0. The van der Waals surface area contributed by atoms with Gasteiger partial charge in [-0.15, -0.1) is 0 Å². The zero-order chi connectivity index (χ0) is 7.68. The summed E-state index contributed by atoms with van der Waals surface area (Å²) in [5, 5.41) is 0. The summed E-state index contributed by atoms with van der Waals surface area (Å²) in [5.41, 5.74) is 1.26. The average molecular weight is 148 g/mol. The lowest BCUT2D eigenvalue weighted by Crippen LogP contribution is -2.11. The molecule has 0 spiro atoms. The Hall–Kier alpha value is -0.980. The van der Waals surface area contributed by atoms with Crippen LogP contribution in [0.1, 0.15) is 19.8 Å². The van der Waals surface area contributed by atoms with Crippen LogP contribution in [0.25, 0.3) is 0 Å². The third kappa shape index (κ3) is 1.23. The summed E-state index contributed by atoms with van der Waals surface area (Å²) in [6.07, 6.45) is 11.2. The zero-order valence-electron chi connectivity index (χ0n) is 6.71. The minimum atomic E-state index is 0.247. The smallest absolute Gasteiger partial charge is 0.123 e. The monoisotopic (exact) mass is 148 g/mol. The number of allylic oxidation sites excluding steroid dienone is 3. The second-order valence-corrected chi connectivity index (χ2v) is 2.99. The lowest BCUT2D eigenvalue weighted by molar-refractivity contribution is 0.170. The van der Waals surface area contributed by atoms with E-state index in [9.17, 15) is 0 Å². The molecule has 0 bridgehead atoms. The lowest BCUT2D eigenvalue weighted by atomic mass is 10.0. The molecule has 2 rings (SSSR count). The Labute approximate surface area is 67.1 Å². The van der Waals surface area contributed by atoms with E-state index in [1.807, 2.05) is 0 Å². The van der Waals surface area contributed by atoms with Gasteiger partial charge in [0.05, 0.1) is 0 Å². The zero-order valence-corrected chi connectivity index (χ0v) is 6.71. The normalized spacial score (nSPS) is 28.3. The van der Waals surface area contributed by atoms with Crippen LogP contribution in [0, 0.1) is 0 Å². The Morgan fingerprint density at radius 2 is 2.18 bits per heavy atom. The molecule has 0 aromatic rings. The van der Waals surface area contributed by atoms with Gasteiger partial charge in [0, 0.05) is 5.57 Å². The highest BCUT2D eigenvalue weighted by Gasteiger charge is 2.13. The molecule has 1 heteroatoms. The molecule has 0 saturated heterocycles. The SMILES string of the molecule is CC1C=CC2=CCCC=C2O1. The molecule has 1 nitrogen and oxygen atoms in total. The van der Waals surface area contributed by atoms with Crippen LogP contribution >= 0.6 is 0 Å². The summed E-state index contributed by atoms with van der Waals surface area (Å²) in [6.45, 7) is 2.06. The van der Waals surface area contributed by atoms with E-state index < -0.39 is 0 Å². The van der Waals surface area contributed by atoms with Crippen LogP contribution in [0.5, 0.6) is 0 Å². The third-order valence-corrected chi connectivity index (χ3v) is 2.00. The Balaban J connectivity index is 2.30. The van der Waals surface area contributed by atoms with E-state index in [0.29, 0.717) is 0 Å². The minimum Gasteiger partial charge on any atom is -0.486 e. The second kappa shape index (κ2) is 2.57. The fourth-order valence-electron chi connectivity index (χ4n) is 1.42. The van der Waals surface area contributed by atoms with E-state index in [2.05, 4.69) is 31.2 Å². The van der Waals surface area contributed by atoms with Crippen LogP contribution in [0.2, 0.25) is 0 Å². The van der Waals surface area contributed by atoms with Crippen molar-refractivity contribution in [3.05, 3.63) is 35.6 Å². The molecule has 0 aromatic heterocycles. The average Bonchev–Trinajstić information content (AvgIpc) is 2.04. The molecule has 1 aliphatic heterocycles. The predicted octanol–water partition coefficient (Wildman–Crippen LogP) is 2.57. The van der Waals surface area contributed by atoms with Crippen molar-refractivity contribution in [2.75, 3.05) is 0 Å². The highest BCUT2D eigenvalue weighted by molar-refractivity contribution is 5.40. The molecule has 58 valence electrons. The second-order valence-electron chi connectivity index (χ2n) is 2.99. The minimum absolute atomic E-state index is 0.247. The Morgan fingerprint density at radius 3 is 3.09 bits per heavy atom. The molecule has 1 unspecified atom stereocenters. The van der Waals surface area contributed by atoms with Crippen molar-refractivity contribution in [1.82, 2.24) is 0 Å². The van der Waals surface area contributed by atoms with E-state index in [1.54, 1.807) is 0 Å². The highest BCUT2D eigenvalue weighted by atomic mass is 16.5. The quantitative estimate of drug-likeness (QED) is 0.513. The van der Waals surface area contributed by atoms with Crippen molar-refractivity contribution in [2.24, 2.45) is 0 Å². The molecular weight excluding hydrogens is 136 g/mol. The van der Waals surface area contributed by atoms with Crippen molar-refractivity contribution in [3.8, 4) is 0 Å². The van der Waals surface area contributed by atoms with Gasteiger partial charge < -0.3 is 4.74 Å². The van der Waals surface area contributed by atoms with E-state index in [0.717, 1.165) is 18.6 Å². The van der Waals surface area contributed by atoms with Crippen LogP contribution in [-0.2, 0) is 4.74 Å². The highest BCUT2D eigenvalue weighted by Crippen LogP contribution is 2.26. The maximum Gasteiger partial charge on any atom is 0.123 e. The van der Waals surface area contributed by atoms with Crippen molar-refractivity contribution in [3.63, 3.8) is 0 Å². The van der Waals surface area contributed by atoms with Gasteiger partial charge in [0.25, 0.3) is 0 Å². The van der Waals surface area contributed by atoms with Gasteiger partial charge in [-0.25, -0.2) is 0 Å². The van der Waals surface area contributed by atoms with E-state index in [-0.39, 0.29) is 6.10 Å². The number of ether oxygens (including phenoxy) is 1. The largest absolute Gasteiger partial charge is 0.486 e. The van der Waals surface area contributed by atoms with Gasteiger partial charge in [-0.1, -0.05) is 12.2 Å². The summed E-state index contributed by atoms with van der Waals surface area (Å²) in [4.78, 5) is 0. The standard InChI is InChI=1S/C10H12O/c1-8-6-7-9-4-2-3-5-10(9)11-8/h4-8H,2-3H2,1H3.